The number of rotatable bonds is 2. The Hall–Kier alpha value is -2.69. The van der Waals surface area contributed by atoms with Crippen molar-refractivity contribution in [2.24, 2.45) is 7.05 Å². The van der Waals surface area contributed by atoms with Crippen molar-refractivity contribution in [1.29, 1.82) is 0 Å². The van der Waals surface area contributed by atoms with Gasteiger partial charge in [-0.3, -0.25) is 9.59 Å². The van der Waals surface area contributed by atoms with E-state index in [2.05, 4.69) is 0 Å². The second-order valence-corrected chi connectivity index (χ2v) is 5.30. The van der Waals surface area contributed by atoms with Gasteiger partial charge in [-0.15, -0.1) is 0 Å². The minimum Gasteiger partial charge on any atom is -0.427 e. The number of allylic oxidation sites excluding steroid dienone is 2. The Labute approximate surface area is 126 Å². The van der Waals surface area contributed by atoms with Gasteiger partial charge in [0.15, 0.2) is 5.78 Å². The van der Waals surface area contributed by atoms with Crippen molar-refractivity contribution in [3.8, 4) is 0 Å². The molecule has 1 aromatic carbocycles. The van der Waals surface area contributed by atoms with Gasteiger partial charge in [0.1, 0.15) is 11.3 Å². The summed E-state index contributed by atoms with van der Waals surface area (Å²) >= 11 is 0. The first-order valence-corrected chi connectivity index (χ1v) is 7.10. The van der Waals surface area contributed by atoms with E-state index in [1.54, 1.807) is 7.05 Å². The van der Waals surface area contributed by atoms with Crippen LogP contribution in [-0.4, -0.2) is 16.3 Å². The van der Waals surface area contributed by atoms with Gasteiger partial charge in [-0.05, 0) is 23.9 Å². The number of para-hydroxylation sites is 1. The van der Waals surface area contributed by atoms with Gasteiger partial charge in [0.05, 0.1) is 5.52 Å². The maximum absolute atomic E-state index is 12.3. The Bertz CT molecular complexity index is 861. The van der Waals surface area contributed by atoms with E-state index in [1.807, 2.05) is 24.3 Å². The molecule has 1 aliphatic rings. The van der Waals surface area contributed by atoms with Gasteiger partial charge >= 0.3 is 5.97 Å². The van der Waals surface area contributed by atoms with Gasteiger partial charge in [0.25, 0.3) is 5.56 Å². The molecule has 0 spiro atoms. The molecular formula is C17H15NO4. The van der Waals surface area contributed by atoms with Crippen LogP contribution in [0.1, 0.15) is 29.6 Å². The maximum Gasteiger partial charge on any atom is 0.348 e. The highest BCUT2D eigenvalue weighted by atomic mass is 16.5. The lowest BCUT2D eigenvalue weighted by atomic mass is 10.1. The predicted octanol–water partition coefficient (Wildman–Crippen LogP) is 2.33. The average Bonchev–Trinajstić information content (AvgIpc) is 2.51. The summed E-state index contributed by atoms with van der Waals surface area (Å²) in [6, 6.07) is 8.84. The molecule has 5 heteroatoms. The van der Waals surface area contributed by atoms with Crippen LogP contribution in [0.3, 0.4) is 0 Å². The number of aromatic nitrogens is 1. The lowest BCUT2D eigenvalue weighted by Gasteiger charge is -2.13. The first kappa shape index (κ1) is 14.3. The van der Waals surface area contributed by atoms with Crippen LogP contribution in [0.4, 0.5) is 0 Å². The van der Waals surface area contributed by atoms with Crippen molar-refractivity contribution >= 4 is 22.7 Å². The van der Waals surface area contributed by atoms with Crippen molar-refractivity contribution in [1.82, 2.24) is 4.57 Å². The number of ketones is 1. The van der Waals surface area contributed by atoms with E-state index in [4.69, 9.17) is 4.74 Å². The standard InChI is InChI=1S/C17H15NO4/c1-18-15-8-3-2-5-11(15)9-14(16(18)20)17(21)22-13-7-4-6-12(19)10-13/h2-3,5,8-10H,4,6-7H2,1H3. The van der Waals surface area contributed by atoms with Gasteiger partial charge < -0.3 is 9.30 Å². The number of hydrogen-bond donors (Lipinski definition) is 0. The minimum atomic E-state index is -0.715. The molecule has 1 aliphatic carbocycles. The number of aryl methyl sites for hydroxylation is 1. The molecule has 0 aliphatic heterocycles. The average molecular weight is 297 g/mol. The summed E-state index contributed by atoms with van der Waals surface area (Å²) < 4.78 is 6.64. The van der Waals surface area contributed by atoms with Crippen molar-refractivity contribution in [3.63, 3.8) is 0 Å². The van der Waals surface area contributed by atoms with Crippen LogP contribution in [-0.2, 0) is 16.6 Å². The molecule has 3 rings (SSSR count). The third kappa shape index (κ3) is 2.57. The molecule has 22 heavy (non-hydrogen) atoms. The van der Waals surface area contributed by atoms with Crippen LogP contribution in [0.25, 0.3) is 10.9 Å². The highest BCUT2D eigenvalue weighted by Crippen LogP contribution is 2.18. The zero-order valence-corrected chi connectivity index (χ0v) is 12.2. The Morgan fingerprint density at radius 1 is 1.18 bits per heavy atom. The molecule has 0 fully saturated rings. The van der Waals surface area contributed by atoms with E-state index in [0.29, 0.717) is 25.0 Å². The fourth-order valence-electron chi connectivity index (χ4n) is 2.58. The Morgan fingerprint density at radius 3 is 2.73 bits per heavy atom. The lowest BCUT2D eigenvalue weighted by molar-refractivity contribution is -0.115. The van der Waals surface area contributed by atoms with Crippen LogP contribution < -0.4 is 5.56 Å². The summed E-state index contributed by atoms with van der Waals surface area (Å²) in [4.78, 5) is 35.9. The molecule has 2 aromatic rings. The number of esters is 1. The number of pyridine rings is 1. The van der Waals surface area contributed by atoms with Crippen molar-refractivity contribution in [3.05, 3.63) is 58.1 Å². The fraction of sp³-hybridized carbons (Fsp3) is 0.235. The summed E-state index contributed by atoms with van der Waals surface area (Å²) in [5, 5.41) is 0.783. The van der Waals surface area contributed by atoms with Crippen LogP contribution in [0.5, 0.6) is 0 Å². The quantitative estimate of drug-likeness (QED) is 0.798. The van der Waals surface area contributed by atoms with E-state index in [1.165, 1.54) is 16.7 Å². The van der Waals surface area contributed by atoms with Crippen molar-refractivity contribution in [2.45, 2.75) is 19.3 Å². The molecule has 0 unspecified atom stereocenters. The number of nitrogens with zero attached hydrogens (tertiary/aromatic N) is 1. The van der Waals surface area contributed by atoms with E-state index in [9.17, 15) is 14.4 Å². The number of carbonyl (C=O) groups excluding carboxylic acids is 2. The van der Waals surface area contributed by atoms with Crippen molar-refractivity contribution < 1.29 is 14.3 Å². The van der Waals surface area contributed by atoms with Crippen LogP contribution in [0.2, 0.25) is 0 Å². The van der Waals surface area contributed by atoms with Gasteiger partial charge in [-0.1, -0.05) is 18.2 Å². The molecule has 0 radical (unpaired) electrons. The summed E-state index contributed by atoms with van der Waals surface area (Å²) in [6.45, 7) is 0. The molecule has 0 saturated carbocycles. The number of fused-ring (bicyclic) bond motifs is 1. The molecule has 0 atom stereocenters. The largest absolute Gasteiger partial charge is 0.427 e. The highest BCUT2D eigenvalue weighted by molar-refractivity contribution is 5.95. The molecule has 1 aromatic heterocycles. The molecule has 5 nitrogen and oxygen atoms in total. The third-order valence-electron chi connectivity index (χ3n) is 3.75. The smallest absolute Gasteiger partial charge is 0.348 e. The van der Waals surface area contributed by atoms with E-state index >= 15 is 0 Å². The van der Waals surface area contributed by atoms with E-state index in [-0.39, 0.29) is 11.3 Å². The fourth-order valence-corrected chi connectivity index (χ4v) is 2.58. The van der Waals surface area contributed by atoms with Crippen molar-refractivity contribution in [2.75, 3.05) is 0 Å². The summed E-state index contributed by atoms with van der Waals surface area (Å²) in [7, 11) is 1.62. The molecule has 1 heterocycles. The van der Waals surface area contributed by atoms with Gasteiger partial charge in [-0.2, -0.15) is 0 Å². The predicted molar refractivity (Wildman–Crippen MR) is 81.5 cm³/mol. The summed E-state index contributed by atoms with van der Waals surface area (Å²) in [5.74, 6) is -0.441. The molecule has 112 valence electrons. The van der Waals surface area contributed by atoms with Gasteiger partial charge in [0.2, 0.25) is 0 Å². The Balaban J connectivity index is 1.99. The van der Waals surface area contributed by atoms with E-state index in [0.717, 1.165) is 10.9 Å². The Kier molecular flexibility index (Phi) is 3.63. The third-order valence-corrected chi connectivity index (χ3v) is 3.75. The monoisotopic (exact) mass is 297 g/mol. The van der Waals surface area contributed by atoms with Gasteiger partial charge in [-0.25, -0.2) is 4.79 Å². The van der Waals surface area contributed by atoms with Gasteiger partial charge in [0, 0.05) is 26.0 Å². The molecule has 0 bridgehead atoms. The SMILES string of the molecule is Cn1c(=O)c(C(=O)OC2=CC(=O)CCC2)cc2ccccc21. The highest BCUT2D eigenvalue weighted by Gasteiger charge is 2.19. The number of ether oxygens (including phenoxy) is 1. The molecule has 0 amide bonds. The normalized spacial score (nSPS) is 14.8. The first-order valence-electron chi connectivity index (χ1n) is 7.10. The molecule has 0 N–H and O–H groups in total. The minimum absolute atomic E-state index is 0.0277. The first-order chi connectivity index (χ1) is 10.6. The second-order valence-electron chi connectivity index (χ2n) is 5.30. The topological polar surface area (TPSA) is 65.4 Å². The number of benzene rings is 1. The zero-order chi connectivity index (χ0) is 15.7. The molecular weight excluding hydrogens is 282 g/mol. The number of hydrogen-bond acceptors (Lipinski definition) is 4. The van der Waals surface area contributed by atoms with Crippen LogP contribution in [0, 0.1) is 0 Å². The second kappa shape index (κ2) is 5.60. The molecule has 0 saturated heterocycles. The summed E-state index contributed by atoms with van der Waals surface area (Å²) in [5.41, 5.74) is 0.308. The van der Waals surface area contributed by atoms with Crippen LogP contribution >= 0.6 is 0 Å². The summed E-state index contributed by atoms with van der Waals surface area (Å²) in [6.07, 6.45) is 3.00. The van der Waals surface area contributed by atoms with E-state index < -0.39 is 11.5 Å². The lowest BCUT2D eigenvalue weighted by Crippen LogP contribution is -2.25. The zero-order valence-electron chi connectivity index (χ0n) is 12.2. The maximum atomic E-state index is 12.3. The Morgan fingerprint density at radius 2 is 1.95 bits per heavy atom. The number of carbonyl (C=O) groups is 2. The van der Waals surface area contributed by atoms with Crippen LogP contribution in [0.15, 0.2) is 47.0 Å².